The molecular formula is C14H18N2OS2. The van der Waals surface area contributed by atoms with Crippen molar-refractivity contribution in [3.8, 4) is 10.4 Å². The molecule has 0 saturated heterocycles. The lowest BCUT2D eigenvalue weighted by molar-refractivity contribution is -0.120. The maximum Gasteiger partial charge on any atom is 0.233 e. The maximum absolute atomic E-state index is 11.4. The summed E-state index contributed by atoms with van der Waals surface area (Å²) in [5.41, 5.74) is 1.27. The van der Waals surface area contributed by atoms with Gasteiger partial charge in [0.1, 0.15) is 0 Å². The second-order valence-electron chi connectivity index (χ2n) is 4.23. The molecule has 2 aromatic heterocycles. The third kappa shape index (κ3) is 4.45. The lowest BCUT2D eigenvalue weighted by Gasteiger charge is -2.04. The molecule has 3 nitrogen and oxygen atoms in total. The summed E-state index contributed by atoms with van der Waals surface area (Å²) in [5.74, 6) is 0.0666. The number of hydrogen-bond acceptors (Lipinski definition) is 4. The van der Waals surface area contributed by atoms with Gasteiger partial charge in [-0.25, -0.2) is 0 Å². The molecule has 0 aliphatic rings. The highest BCUT2D eigenvalue weighted by atomic mass is 32.1. The van der Waals surface area contributed by atoms with Crippen molar-refractivity contribution >= 4 is 28.6 Å². The van der Waals surface area contributed by atoms with Gasteiger partial charge in [0.05, 0.1) is 6.54 Å². The number of amides is 1. The van der Waals surface area contributed by atoms with E-state index >= 15 is 0 Å². The van der Waals surface area contributed by atoms with Crippen LogP contribution in [0.25, 0.3) is 10.4 Å². The first kappa shape index (κ1) is 14.2. The van der Waals surface area contributed by atoms with Crippen molar-refractivity contribution in [3.63, 3.8) is 0 Å². The van der Waals surface area contributed by atoms with E-state index in [4.69, 9.17) is 0 Å². The third-order valence-electron chi connectivity index (χ3n) is 2.62. The molecule has 1 amide bonds. The van der Waals surface area contributed by atoms with Crippen LogP contribution in [0.1, 0.15) is 18.2 Å². The number of carbonyl (C=O) groups excluding carboxylic acids is 1. The highest BCUT2D eigenvalue weighted by molar-refractivity contribution is 7.14. The van der Waals surface area contributed by atoms with E-state index in [0.29, 0.717) is 6.54 Å². The van der Waals surface area contributed by atoms with Gasteiger partial charge >= 0.3 is 0 Å². The lowest BCUT2D eigenvalue weighted by Crippen LogP contribution is -2.33. The standard InChI is InChI=1S/C14H18N2OS2/c1-2-5-16-14(17)9-15-8-12-7-11(10-19-12)13-4-3-6-18-13/h3-4,6-7,10,15H,2,5,8-9H2,1H3,(H,16,17). The van der Waals surface area contributed by atoms with E-state index in [9.17, 15) is 4.79 Å². The van der Waals surface area contributed by atoms with Crippen LogP contribution in [-0.2, 0) is 11.3 Å². The Balaban J connectivity index is 1.76. The first-order valence-electron chi connectivity index (χ1n) is 6.38. The van der Waals surface area contributed by atoms with E-state index in [1.54, 1.807) is 22.7 Å². The molecule has 2 aromatic rings. The molecule has 0 atom stereocenters. The molecule has 102 valence electrons. The van der Waals surface area contributed by atoms with Gasteiger partial charge in [-0.2, -0.15) is 0 Å². The molecule has 0 aromatic carbocycles. The first-order valence-corrected chi connectivity index (χ1v) is 8.14. The second kappa shape index (κ2) is 7.43. The van der Waals surface area contributed by atoms with Crippen LogP contribution in [0.2, 0.25) is 0 Å². The highest BCUT2D eigenvalue weighted by Crippen LogP contribution is 2.29. The van der Waals surface area contributed by atoms with Gasteiger partial charge in [0.25, 0.3) is 0 Å². The minimum absolute atomic E-state index is 0.0666. The lowest BCUT2D eigenvalue weighted by atomic mass is 10.2. The monoisotopic (exact) mass is 294 g/mol. The van der Waals surface area contributed by atoms with Crippen molar-refractivity contribution in [2.75, 3.05) is 13.1 Å². The number of nitrogens with one attached hydrogen (secondary N) is 2. The fraction of sp³-hybridized carbons (Fsp3) is 0.357. The maximum atomic E-state index is 11.4. The molecular weight excluding hydrogens is 276 g/mol. The molecule has 0 unspecified atom stereocenters. The fourth-order valence-electron chi connectivity index (χ4n) is 1.67. The van der Waals surface area contributed by atoms with E-state index in [2.05, 4.69) is 39.6 Å². The van der Waals surface area contributed by atoms with Gasteiger partial charge < -0.3 is 10.6 Å². The van der Waals surface area contributed by atoms with Crippen molar-refractivity contribution in [2.24, 2.45) is 0 Å². The summed E-state index contributed by atoms with van der Waals surface area (Å²) in [6.07, 6.45) is 0.973. The average Bonchev–Trinajstić information content (AvgIpc) is 3.06. The van der Waals surface area contributed by atoms with Gasteiger partial charge in [-0.3, -0.25) is 4.79 Å². The Morgan fingerprint density at radius 3 is 3.00 bits per heavy atom. The number of rotatable bonds is 7. The Morgan fingerprint density at radius 1 is 1.37 bits per heavy atom. The summed E-state index contributed by atoms with van der Waals surface area (Å²) < 4.78 is 0. The van der Waals surface area contributed by atoms with Gasteiger partial charge in [-0.1, -0.05) is 13.0 Å². The zero-order valence-corrected chi connectivity index (χ0v) is 12.6. The first-order chi connectivity index (χ1) is 9.29. The Bertz CT molecular complexity index is 505. The third-order valence-corrected chi connectivity index (χ3v) is 4.47. The van der Waals surface area contributed by atoms with Crippen LogP contribution in [0.4, 0.5) is 0 Å². The molecule has 0 aliphatic heterocycles. The molecule has 0 fully saturated rings. The molecule has 19 heavy (non-hydrogen) atoms. The van der Waals surface area contributed by atoms with Crippen molar-refractivity contribution < 1.29 is 4.79 Å². The van der Waals surface area contributed by atoms with Crippen LogP contribution in [0.5, 0.6) is 0 Å². The zero-order valence-electron chi connectivity index (χ0n) is 10.9. The second-order valence-corrected chi connectivity index (χ2v) is 6.18. The molecule has 2 rings (SSSR count). The topological polar surface area (TPSA) is 41.1 Å². The highest BCUT2D eigenvalue weighted by Gasteiger charge is 2.04. The van der Waals surface area contributed by atoms with Crippen molar-refractivity contribution in [1.82, 2.24) is 10.6 Å². The van der Waals surface area contributed by atoms with Gasteiger partial charge in [0.2, 0.25) is 5.91 Å². The number of thiophene rings is 2. The molecule has 0 bridgehead atoms. The normalized spacial score (nSPS) is 10.6. The van der Waals surface area contributed by atoms with Gasteiger partial charge in [-0.15, -0.1) is 22.7 Å². The minimum atomic E-state index is 0.0666. The summed E-state index contributed by atoms with van der Waals surface area (Å²) in [4.78, 5) is 14.0. The smallest absolute Gasteiger partial charge is 0.233 e. The Kier molecular flexibility index (Phi) is 5.57. The Labute approximate surface area is 121 Å². The van der Waals surface area contributed by atoms with Gasteiger partial charge in [-0.05, 0) is 29.3 Å². The Morgan fingerprint density at radius 2 is 2.26 bits per heavy atom. The van der Waals surface area contributed by atoms with Crippen molar-refractivity contribution in [3.05, 3.63) is 33.8 Å². The Hall–Kier alpha value is -1.17. The summed E-state index contributed by atoms with van der Waals surface area (Å²) >= 11 is 3.48. The number of hydrogen-bond donors (Lipinski definition) is 2. The fourth-order valence-corrected chi connectivity index (χ4v) is 3.31. The van der Waals surface area contributed by atoms with E-state index in [0.717, 1.165) is 19.5 Å². The minimum Gasteiger partial charge on any atom is -0.355 e. The molecule has 0 saturated carbocycles. The van der Waals surface area contributed by atoms with E-state index < -0.39 is 0 Å². The van der Waals surface area contributed by atoms with Crippen molar-refractivity contribution in [2.45, 2.75) is 19.9 Å². The van der Waals surface area contributed by atoms with Crippen LogP contribution in [0.15, 0.2) is 29.0 Å². The molecule has 5 heteroatoms. The van der Waals surface area contributed by atoms with Gasteiger partial charge in [0.15, 0.2) is 0 Å². The van der Waals surface area contributed by atoms with E-state index in [1.807, 2.05) is 6.92 Å². The summed E-state index contributed by atoms with van der Waals surface area (Å²) in [6.45, 7) is 3.93. The molecule has 0 aliphatic carbocycles. The van der Waals surface area contributed by atoms with Gasteiger partial charge in [0, 0.05) is 28.4 Å². The van der Waals surface area contributed by atoms with Crippen LogP contribution in [0.3, 0.4) is 0 Å². The predicted octanol–water partition coefficient (Wildman–Crippen LogP) is 3.09. The predicted molar refractivity (Wildman–Crippen MR) is 82.6 cm³/mol. The molecule has 2 N–H and O–H groups in total. The van der Waals surface area contributed by atoms with Crippen molar-refractivity contribution in [1.29, 1.82) is 0 Å². The van der Waals surface area contributed by atoms with Crippen LogP contribution in [0, 0.1) is 0 Å². The SMILES string of the molecule is CCCNC(=O)CNCc1cc(-c2cccs2)cs1. The van der Waals surface area contributed by atoms with Crippen LogP contribution in [-0.4, -0.2) is 19.0 Å². The summed E-state index contributed by atoms with van der Waals surface area (Å²) in [5, 5.41) is 10.3. The molecule has 0 radical (unpaired) electrons. The zero-order chi connectivity index (χ0) is 13.5. The van der Waals surface area contributed by atoms with E-state index in [-0.39, 0.29) is 5.91 Å². The average molecular weight is 294 g/mol. The van der Waals surface area contributed by atoms with E-state index in [1.165, 1.54) is 15.3 Å². The summed E-state index contributed by atoms with van der Waals surface area (Å²) in [7, 11) is 0. The molecule has 0 spiro atoms. The summed E-state index contributed by atoms with van der Waals surface area (Å²) in [6, 6.07) is 6.38. The van der Waals surface area contributed by atoms with Crippen LogP contribution >= 0.6 is 22.7 Å². The number of carbonyl (C=O) groups is 1. The largest absolute Gasteiger partial charge is 0.355 e. The molecule has 2 heterocycles. The quantitative estimate of drug-likeness (QED) is 0.824. The van der Waals surface area contributed by atoms with Crippen LogP contribution < -0.4 is 10.6 Å².